The zero-order chi connectivity index (χ0) is 50.6. The first-order valence-electron chi connectivity index (χ1n) is 27.2. The van der Waals surface area contributed by atoms with Gasteiger partial charge in [-0.25, -0.2) is 0 Å². The molecule has 384 valence electrons. The van der Waals surface area contributed by atoms with E-state index in [0.717, 1.165) is 130 Å². The van der Waals surface area contributed by atoms with Gasteiger partial charge in [0.1, 0.15) is 34.5 Å². The van der Waals surface area contributed by atoms with Crippen molar-refractivity contribution in [3.8, 4) is 79.0 Å². The highest BCUT2D eigenvalue weighted by Crippen LogP contribution is 2.51. The molecule has 0 heterocycles. The highest BCUT2D eigenvalue weighted by molar-refractivity contribution is 5.91. The number of aryl methyl sites for hydroxylation is 6. The zero-order valence-electron chi connectivity index (χ0n) is 44.8. The third-order valence-electron chi connectivity index (χ3n) is 15.9. The molecule has 0 radical (unpaired) electrons. The van der Waals surface area contributed by atoms with Crippen LogP contribution in [-0.2, 0) is 60.8 Å². The van der Waals surface area contributed by atoms with E-state index in [1.807, 2.05) is 24.3 Å². The van der Waals surface area contributed by atoms with Gasteiger partial charge in [-0.1, -0.05) is 12.1 Å². The van der Waals surface area contributed by atoms with Crippen LogP contribution in [0, 0.1) is 13.8 Å². The van der Waals surface area contributed by atoms with Crippen molar-refractivity contribution in [1.82, 2.24) is 0 Å². The third kappa shape index (κ3) is 10.6. The van der Waals surface area contributed by atoms with Crippen LogP contribution in [0.1, 0.15) is 127 Å². The summed E-state index contributed by atoms with van der Waals surface area (Å²) in [4.78, 5) is 0. The number of benzene rings is 6. The second-order valence-electron chi connectivity index (χ2n) is 21.2. The van der Waals surface area contributed by atoms with Gasteiger partial charge in [0.15, 0.2) is 13.6 Å². The second-order valence-corrected chi connectivity index (χ2v) is 21.2. The fourth-order valence-corrected chi connectivity index (χ4v) is 12.7. The van der Waals surface area contributed by atoms with E-state index in [2.05, 4.69) is 76.2 Å². The molecule has 2 atom stereocenters. The Kier molecular flexibility index (Phi) is 15.7. The Hall–Kier alpha value is -5.96. The predicted octanol–water partition coefficient (Wildman–Crippen LogP) is 15.1. The standard InChI is InChI=1S/C65H76O8/c1-40-29-56(64(70-38-66-5)58(31-40)62-50-21-13-9-17-44(50)34-45-18-10-14-22-51(45)62)54-36-48(68-7)25-27-60(54)72-42(3)33-43(4)73-61-28-26-49(69-8)37-55(61)57-30-41(2)32-59(65(57)71-39-67-6)63-52-23-15-11-19-46(52)35-47-20-12-16-24-53(47)63/h25-32,34-37,42-43H,9-24,33,38-39H2,1-8H3/t42-,43-/m0/s1. The Morgan fingerprint density at radius 1 is 0.397 bits per heavy atom. The summed E-state index contributed by atoms with van der Waals surface area (Å²) in [6.07, 6.45) is 18.8. The number of hydrogen-bond donors (Lipinski definition) is 0. The molecule has 0 aromatic heterocycles. The average molecular weight is 985 g/mol. The van der Waals surface area contributed by atoms with Gasteiger partial charge in [-0.05, 0) is 258 Å². The molecule has 0 unspecified atom stereocenters. The quantitative estimate of drug-likeness (QED) is 0.0789. The van der Waals surface area contributed by atoms with E-state index in [-0.39, 0.29) is 25.8 Å². The van der Waals surface area contributed by atoms with Crippen molar-refractivity contribution in [3.63, 3.8) is 0 Å². The van der Waals surface area contributed by atoms with E-state index in [0.29, 0.717) is 6.42 Å². The average Bonchev–Trinajstić information content (AvgIpc) is 3.40. The predicted molar refractivity (Wildman–Crippen MR) is 294 cm³/mol. The summed E-state index contributed by atoms with van der Waals surface area (Å²) in [5.74, 6) is 4.62. The molecule has 0 fully saturated rings. The molecule has 0 amide bonds. The normalized spacial score (nSPS) is 15.8. The molecule has 4 aliphatic carbocycles. The lowest BCUT2D eigenvalue weighted by Gasteiger charge is -2.30. The molecule has 10 rings (SSSR count). The van der Waals surface area contributed by atoms with Gasteiger partial charge < -0.3 is 37.9 Å². The van der Waals surface area contributed by atoms with E-state index in [9.17, 15) is 0 Å². The first kappa shape index (κ1) is 50.6. The summed E-state index contributed by atoms with van der Waals surface area (Å²) in [5, 5.41) is 0. The Bertz CT molecular complexity index is 2700. The van der Waals surface area contributed by atoms with Crippen molar-refractivity contribution in [2.75, 3.05) is 42.0 Å². The number of hydrogen-bond acceptors (Lipinski definition) is 8. The minimum absolute atomic E-state index is 0.124. The minimum atomic E-state index is -0.230. The molecule has 6 aromatic carbocycles. The summed E-state index contributed by atoms with van der Waals surface area (Å²) < 4.78 is 50.7. The van der Waals surface area contributed by atoms with Gasteiger partial charge in [0, 0.05) is 54.0 Å². The second kappa shape index (κ2) is 22.7. The van der Waals surface area contributed by atoms with Crippen molar-refractivity contribution < 1.29 is 37.9 Å². The van der Waals surface area contributed by atoms with Crippen LogP contribution in [0.5, 0.6) is 34.5 Å². The van der Waals surface area contributed by atoms with Gasteiger partial charge >= 0.3 is 0 Å². The molecule has 4 aliphatic rings. The smallest absolute Gasteiger partial charge is 0.188 e. The van der Waals surface area contributed by atoms with Crippen LogP contribution < -0.4 is 28.4 Å². The third-order valence-corrected chi connectivity index (χ3v) is 15.9. The molecule has 0 spiro atoms. The first-order valence-corrected chi connectivity index (χ1v) is 27.2. The molecule has 6 aromatic rings. The van der Waals surface area contributed by atoms with Crippen LogP contribution in [-0.4, -0.2) is 54.2 Å². The molecule has 0 bridgehead atoms. The van der Waals surface area contributed by atoms with Gasteiger partial charge in [-0.3, -0.25) is 0 Å². The van der Waals surface area contributed by atoms with Crippen LogP contribution in [0.4, 0.5) is 0 Å². The van der Waals surface area contributed by atoms with Crippen LogP contribution in [0.15, 0.2) is 72.8 Å². The van der Waals surface area contributed by atoms with Gasteiger partial charge in [0.2, 0.25) is 0 Å². The summed E-state index contributed by atoms with van der Waals surface area (Å²) >= 11 is 0. The minimum Gasteiger partial charge on any atom is -0.497 e. The van der Waals surface area contributed by atoms with Gasteiger partial charge in [-0.2, -0.15) is 0 Å². The van der Waals surface area contributed by atoms with Crippen LogP contribution >= 0.6 is 0 Å². The lowest BCUT2D eigenvalue weighted by Crippen LogP contribution is -2.23. The van der Waals surface area contributed by atoms with Crippen molar-refractivity contribution >= 4 is 0 Å². The van der Waals surface area contributed by atoms with Crippen molar-refractivity contribution in [1.29, 1.82) is 0 Å². The summed E-state index contributed by atoms with van der Waals surface area (Å²) in [5.41, 5.74) is 23.1. The molecule has 8 nitrogen and oxygen atoms in total. The zero-order valence-corrected chi connectivity index (χ0v) is 44.8. The van der Waals surface area contributed by atoms with Crippen molar-refractivity contribution in [3.05, 3.63) is 128 Å². The number of fused-ring (bicyclic) bond motifs is 4. The Labute approximate surface area is 434 Å². The monoisotopic (exact) mass is 985 g/mol. The highest BCUT2D eigenvalue weighted by atomic mass is 16.7. The van der Waals surface area contributed by atoms with Gasteiger partial charge in [-0.15, -0.1) is 0 Å². The van der Waals surface area contributed by atoms with Gasteiger partial charge in [0.25, 0.3) is 0 Å². The van der Waals surface area contributed by atoms with E-state index < -0.39 is 0 Å². The fraction of sp³-hybridized carbons (Fsp3) is 0.446. The Morgan fingerprint density at radius 2 is 0.740 bits per heavy atom. The highest BCUT2D eigenvalue weighted by Gasteiger charge is 2.30. The molecule has 0 N–H and O–H groups in total. The van der Waals surface area contributed by atoms with E-state index >= 15 is 0 Å². The first-order chi connectivity index (χ1) is 35.7. The lowest BCUT2D eigenvalue weighted by atomic mass is 9.76. The molecule has 0 saturated carbocycles. The van der Waals surface area contributed by atoms with Crippen LogP contribution in [0.25, 0.3) is 44.5 Å². The maximum atomic E-state index is 7.04. The molecule has 8 heteroatoms. The maximum Gasteiger partial charge on any atom is 0.188 e. The molecular formula is C65H76O8. The van der Waals surface area contributed by atoms with Crippen LogP contribution in [0.2, 0.25) is 0 Å². The Morgan fingerprint density at radius 3 is 1.08 bits per heavy atom. The topological polar surface area (TPSA) is 73.8 Å². The van der Waals surface area contributed by atoms with E-state index in [1.54, 1.807) is 28.4 Å². The van der Waals surface area contributed by atoms with E-state index in [1.165, 1.54) is 107 Å². The van der Waals surface area contributed by atoms with Crippen molar-refractivity contribution in [2.24, 2.45) is 0 Å². The SMILES string of the molecule is COCOc1c(-c2cc(OC)ccc2O[C@@H](C)C[C@H](C)Oc2ccc(OC)cc2-c2cc(C)cc(-c3c4c(cc5c3CCCC5)CCCC4)c2OCOC)cc(C)cc1-c1c2c(cc3c1CCCC3)CCCC2. The fourth-order valence-electron chi connectivity index (χ4n) is 12.7. The molecule has 0 saturated heterocycles. The van der Waals surface area contributed by atoms with Crippen LogP contribution in [0.3, 0.4) is 0 Å². The number of methoxy groups -OCH3 is 4. The maximum absolute atomic E-state index is 7.04. The molecule has 73 heavy (non-hydrogen) atoms. The summed E-state index contributed by atoms with van der Waals surface area (Å²) in [7, 11) is 6.81. The Balaban J connectivity index is 0.995. The van der Waals surface area contributed by atoms with Crippen molar-refractivity contribution in [2.45, 2.75) is 149 Å². The number of ether oxygens (including phenoxy) is 8. The molecular weight excluding hydrogens is 909 g/mol. The number of rotatable bonds is 18. The lowest BCUT2D eigenvalue weighted by molar-refractivity contribution is 0.0517. The van der Waals surface area contributed by atoms with Gasteiger partial charge in [0.05, 0.1) is 26.4 Å². The summed E-state index contributed by atoms with van der Waals surface area (Å²) in [6.45, 7) is 8.88. The summed E-state index contributed by atoms with van der Waals surface area (Å²) in [6, 6.07) is 26.4. The molecule has 0 aliphatic heterocycles. The largest absolute Gasteiger partial charge is 0.497 e. The van der Waals surface area contributed by atoms with E-state index in [4.69, 9.17) is 37.9 Å².